The van der Waals surface area contributed by atoms with Crippen molar-refractivity contribution in [3.8, 4) is 5.75 Å². The van der Waals surface area contributed by atoms with Crippen LogP contribution in [0.25, 0.3) is 21.8 Å². The van der Waals surface area contributed by atoms with E-state index in [1.807, 2.05) is 12.1 Å². The molecule has 11 nitrogen and oxygen atoms in total. The summed E-state index contributed by atoms with van der Waals surface area (Å²) in [5.41, 5.74) is 12.7. The van der Waals surface area contributed by atoms with Gasteiger partial charge in [0.25, 0.3) is 10.0 Å². The van der Waals surface area contributed by atoms with Crippen LogP contribution in [-0.2, 0) is 10.0 Å². The van der Waals surface area contributed by atoms with Crippen LogP contribution in [0.3, 0.4) is 0 Å². The van der Waals surface area contributed by atoms with E-state index in [0.717, 1.165) is 5.39 Å². The van der Waals surface area contributed by atoms with Crippen molar-refractivity contribution in [1.29, 1.82) is 0 Å². The Morgan fingerprint density at radius 3 is 2.48 bits per heavy atom. The van der Waals surface area contributed by atoms with E-state index in [1.165, 1.54) is 31.4 Å². The Labute approximate surface area is 188 Å². The lowest BCUT2D eigenvalue weighted by Crippen LogP contribution is -2.99. The summed E-state index contributed by atoms with van der Waals surface area (Å²) >= 11 is 0. The van der Waals surface area contributed by atoms with Crippen LogP contribution < -0.4 is 26.7 Å². The number of nitrogens with zero attached hydrogens (tertiary/aromatic N) is 2. The number of benzene rings is 3. The smallest absolute Gasteiger partial charge is 0.285 e. The summed E-state index contributed by atoms with van der Waals surface area (Å²) in [6.45, 7) is 0. The number of sulfonamides is 1. The summed E-state index contributed by atoms with van der Waals surface area (Å²) in [6.07, 6.45) is 0. The van der Waals surface area contributed by atoms with Gasteiger partial charge in [0.15, 0.2) is 5.69 Å². The van der Waals surface area contributed by atoms with Crippen LogP contribution in [0.1, 0.15) is 0 Å². The molecule has 12 heteroatoms. The summed E-state index contributed by atoms with van der Waals surface area (Å²) in [6, 6.07) is 16.0. The van der Waals surface area contributed by atoms with Gasteiger partial charge >= 0.3 is 0 Å². The van der Waals surface area contributed by atoms with Crippen LogP contribution in [0.4, 0.5) is 17.1 Å². The van der Waals surface area contributed by atoms with E-state index in [9.17, 15) is 18.8 Å². The number of hydrogen-bond acceptors (Lipinski definition) is 7. The van der Waals surface area contributed by atoms with E-state index >= 15 is 0 Å². The number of ether oxygens (including phenoxy) is 1. The van der Waals surface area contributed by atoms with Crippen LogP contribution >= 0.6 is 0 Å². The molecule has 0 radical (unpaired) electrons. The van der Waals surface area contributed by atoms with Crippen LogP contribution in [-0.4, -0.2) is 31.7 Å². The first kappa shape index (κ1) is 22.2. The fourth-order valence-corrected chi connectivity index (χ4v) is 4.28. The molecule has 0 aliphatic carbocycles. The fourth-order valence-electron chi connectivity index (χ4n) is 3.42. The number of aromatic nitrogens is 1. The molecule has 33 heavy (non-hydrogen) atoms. The van der Waals surface area contributed by atoms with Crippen molar-refractivity contribution in [1.82, 2.24) is 4.98 Å². The monoisotopic (exact) mass is 468 g/mol. The molecule has 0 spiro atoms. The Morgan fingerprint density at radius 1 is 1.12 bits per heavy atom. The van der Waals surface area contributed by atoms with Crippen molar-refractivity contribution >= 4 is 54.9 Å². The van der Waals surface area contributed by atoms with Crippen molar-refractivity contribution in [2.75, 3.05) is 12.4 Å². The molecule has 1 unspecified atom stereocenters. The van der Waals surface area contributed by atoms with E-state index in [0.29, 0.717) is 33.5 Å². The topological polar surface area (TPSA) is 180 Å². The van der Waals surface area contributed by atoms with Crippen LogP contribution in [0.5, 0.6) is 5.75 Å². The third kappa shape index (κ3) is 4.36. The molecular weight excluding hydrogens is 448 g/mol. The summed E-state index contributed by atoms with van der Waals surface area (Å²) < 4.78 is 33.1. The molecule has 0 bridgehead atoms. The number of hydrogen-bond donors (Lipinski definition) is 5. The Bertz CT molecular complexity index is 1480. The molecule has 1 aromatic heterocycles. The maximum absolute atomic E-state index is 12.2. The van der Waals surface area contributed by atoms with E-state index in [1.54, 1.807) is 24.3 Å². The molecule has 0 amide bonds. The molecule has 3 aromatic carbocycles. The molecule has 0 fully saturated rings. The average Bonchev–Trinajstić information content (AvgIpc) is 2.77. The van der Waals surface area contributed by atoms with Crippen LogP contribution in [0.15, 0.2) is 70.0 Å². The van der Waals surface area contributed by atoms with Crippen molar-refractivity contribution in [3.05, 3.63) is 65.9 Å². The minimum Gasteiger partial charge on any atom is -0.595 e. The molecule has 0 aliphatic heterocycles. The second-order valence-corrected chi connectivity index (χ2v) is 8.63. The van der Waals surface area contributed by atoms with E-state index in [-0.39, 0.29) is 10.6 Å². The predicted octanol–water partition coefficient (Wildman–Crippen LogP) is 1.51. The van der Waals surface area contributed by atoms with Gasteiger partial charge in [0.1, 0.15) is 11.3 Å². The van der Waals surface area contributed by atoms with Crippen molar-refractivity contribution < 1.29 is 23.6 Å². The van der Waals surface area contributed by atoms with E-state index in [4.69, 9.17) is 16.2 Å². The van der Waals surface area contributed by atoms with E-state index in [2.05, 4.69) is 14.7 Å². The van der Waals surface area contributed by atoms with Crippen molar-refractivity contribution in [2.24, 2.45) is 15.9 Å². The normalized spacial score (nSPS) is 12.5. The molecule has 0 saturated heterocycles. The number of quaternary nitrogens is 1. The Morgan fingerprint density at radius 2 is 1.85 bits per heavy atom. The van der Waals surface area contributed by atoms with Gasteiger partial charge in [-0.3, -0.25) is 0 Å². The molecule has 1 atom stereocenters. The second-order valence-electron chi connectivity index (χ2n) is 7.02. The van der Waals surface area contributed by atoms with Gasteiger partial charge in [0.05, 0.1) is 23.2 Å². The standard InChI is InChI=1S/C21H20N6O5S/c1-32-18-4-2-3-16-19(15-10-7-13(27(28)29)11-17(15)25-20(16)18)24-12-5-8-14(9-6-12)33(30,31)26-21(22)23/h2-11,27-28H,1H3,(H,24,25)(H4,22,23,26). The Balaban J connectivity index is 1.86. The molecule has 7 N–H and O–H groups in total. The van der Waals surface area contributed by atoms with Gasteiger partial charge in [0.2, 0.25) is 5.96 Å². The molecular formula is C21H20N6O5S. The largest absolute Gasteiger partial charge is 0.595 e. The zero-order valence-electron chi connectivity index (χ0n) is 17.3. The number of para-hydroxylation sites is 1. The quantitative estimate of drug-likeness (QED) is 0.121. The molecule has 1 heterocycles. The number of methoxy groups -OCH3 is 1. The first-order valence-corrected chi connectivity index (χ1v) is 11.0. The van der Waals surface area contributed by atoms with Gasteiger partial charge in [-0.05, 0) is 36.4 Å². The number of fused-ring (bicyclic) bond motifs is 2. The van der Waals surface area contributed by atoms with E-state index < -0.39 is 21.2 Å². The minimum atomic E-state index is -4.01. The number of rotatable bonds is 6. The summed E-state index contributed by atoms with van der Waals surface area (Å²) in [5.74, 6) is -0.0292. The molecule has 0 saturated carbocycles. The maximum atomic E-state index is 12.2. The summed E-state index contributed by atoms with van der Waals surface area (Å²) in [5, 5.41) is 24.5. The zero-order valence-corrected chi connectivity index (χ0v) is 18.1. The van der Waals surface area contributed by atoms with Crippen molar-refractivity contribution in [2.45, 2.75) is 4.90 Å². The first-order chi connectivity index (χ1) is 15.7. The number of guanidine groups is 1. The lowest BCUT2D eigenvalue weighted by Gasteiger charge is -2.17. The third-order valence-electron chi connectivity index (χ3n) is 4.88. The number of anilines is 2. The summed E-state index contributed by atoms with van der Waals surface area (Å²) in [7, 11) is -2.49. The van der Waals surface area contributed by atoms with Gasteiger partial charge in [-0.15, -0.1) is 4.40 Å². The molecule has 0 aliphatic rings. The van der Waals surface area contributed by atoms with Crippen LogP contribution in [0, 0.1) is 5.21 Å². The highest BCUT2D eigenvalue weighted by Gasteiger charge is 2.16. The van der Waals surface area contributed by atoms with Gasteiger partial charge in [-0.25, -0.2) is 10.2 Å². The SMILES string of the molecule is COc1cccc2c(Nc3ccc(S(=O)(=O)N=C(N)N)cc3)c3ccc([NH+]([O-])O)cc3nc12. The highest BCUT2D eigenvalue weighted by atomic mass is 32.2. The first-order valence-electron chi connectivity index (χ1n) is 9.56. The highest BCUT2D eigenvalue weighted by Crippen LogP contribution is 2.37. The molecule has 170 valence electrons. The lowest BCUT2D eigenvalue weighted by molar-refractivity contribution is -0.991. The number of nitrogens with two attached hydrogens (primary N) is 2. The van der Waals surface area contributed by atoms with Gasteiger partial charge < -0.3 is 26.7 Å². The predicted molar refractivity (Wildman–Crippen MR) is 124 cm³/mol. The third-order valence-corrected chi connectivity index (χ3v) is 6.20. The maximum Gasteiger partial charge on any atom is 0.285 e. The fraction of sp³-hybridized carbons (Fsp3) is 0.0476. The molecule has 4 rings (SSSR count). The average molecular weight is 468 g/mol. The second kappa shape index (κ2) is 8.52. The minimum absolute atomic E-state index is 0.0707. The zero-order chi connectivity index (χ0) is 23.8. The van der Waals surface area contributed by atoms with Crippen molar-refractivity contribution in [3.63, 3.8) is 0 Å². The Hall–Kier alpha value is -3.97. The van der Waals surface area contributed by atoms with Gasteiger partial charge in [-0.1, -0.05) is 12.1 Å². The number of nitrogens with one attached hydrogen (secondary N) is 2. The van der Waals surface area contributed by atoms with Gasteiger partial charge in [-0.2, -0.15) is 13.6 Å². The highest BCUT2D eigenvalue weighted by molar-refractivity contribution is 7.90. The van der Waals surface area contributed by atoms with Crippen LogP contribution in [0.2, 0.25) is 0 Å². The molecule has 4 aromatic rings. The van der Waals surface area contributed by atoms with Gasteiger partial charge in [0, 0.05) is 28.6 Å². The Kier molecular flexibility index (Phi) is 5.74. The summed E-state index contributed by atoms with van der Waals surface area (Å²) in [4.78, 5) is 4.55. The number of pyridine rings is 1. The lowest BCUT2D eigenvalue weighted by atomic mass is 10.1.